The maximum Gasteiger partial charge on any atom is 0.265 e. The molecule has 2 aromatic heterocycles. The highest BCUT2D eigenvalue weighted by Crippen LogP contribution is 2.34. The standard InChI is InChI=1S/C16H13FN6OS/c17-16(4-5-23(8-16)9-18)14(24)21-15-19-7-13(25-15)10-2-1-3-12-11(10)6-20-22-12/h1-3,6-7H,4-5,8H2,(H,20,22)(H,19,21,24)/t16-/m1/s1. The van der Waals surface area contributed by atoms with E-state index in [1.54, 1.807) is 12.4 Å². The van der Waals surface area contributed by atoms with Gasteiger partial charge in [-0.1, -0.05) is 23.5 Å². The van der Waals surface area contributed by atoms with Crippen LogP contribution in [0, 0.1) is 11.5 Å². The summed E-state index contributed by atoms with van der Waals surface area (Å²) in [6.45, 7) is 0.0217. The minimum absolute atomic E-state index is 0.00104. The highest BCUT2D eigenvalue weighted by molar-refractivity contribution is 7.19. The summed E-state index contributed by atoms with van der Waals surface area (Å²) in [7, 11) is 0. The Kier molecular flexibility index (Phi) is 3.62. The lowest BCUT2D eigenvalue weighted by Gasteiger charge is -2.16. The van der Waals surface area contributed by atoms with Gasteiger partial charge in [0.2, 0.25) is 5.67 Å². The van der Waals surface area contributed by atoms with Gasteiger partial charge >= 0.3 is 0 Å². The zero-order valence-corrected chi connectivity index (χ0v) is 13.8. The van der Waals surface area contributed by atoms with Crippen LogP contribution < -0.4 is 5.32 Å². The van der Waals surface area contributed by atoms with Gasteiger partial charge in [0, 0.05) is 30.1 Å². The second-order valence-electron chi connectivity index (χ2n) is 5.86. The molecule has 1 aromatic carbocycles. The maximum atomic E-state index is 14.7. The average molecular weight is 356 g/mol. The molecule has 25 heavy (non-hydrogen) atoms. The Hall–Kier alpha value is -2.99. The average Bonchev–Trinajstić information content (AvgIpc) is 3.33. The van der Waals surface area contributed by atoms with Gasteiger partial charge in [-0.2, -0.15) is 10.4 Å². The number of nitrogens with zero attached hydrogens (tertiary/aromatic N) is 4. The summed E-state index contributed by atoms with van der Waals surface area (Å²) in [5.41, 5.74) is -0.218. The van der Waals surface area contributed by atoms with E-state index < -0.39 is 11.6 Å². The van der Waals surface area contributed by atoms with Crippen LogP contribution in [-0.2, 0) is 4.79 Å². The molecule has 1 atom stereocenters. The van der Waals surface area contributed by atoms with Crippen LogP contribution in [0.2, 0.25) is 0 Å². The van der Waals surface area contributed by atoms with Gasteiger partial charge in [-0.15, -0.1) is 0 Å². The number of carbonyl (C=O) groups excluding carboxylic acids is 1. The van der Waals surface area contributed by atoms with Crippen molar-refractivity contribution in [2.45, 2.75) is 12.1 Å². The fourth-order valence-corrected chi connectivity index (χ4v) is 3.74. The quantitative estimate of drug-likeness (QED) is 0.703. The van der Waals surface area contributed by atoms with E-state index in [1.165, 1.54) is 16.2 Å². The zero-order valence-electron chi connectivity index (χ0n) is 13.0. The van der Waals surface area contributed by atoms with E-state index in [9.17, 15) is 9.18 Å². The lowest BCUT2D eigenvalue weighted by molar-refractivity contribution is -0.126. The second kappa shape index (κ2) is 5.82. The van der Waals surface area contributed by atoms with Crippen LogP contribution in [-0.4, -0.2) is 44.7 Å². The number of aromatic amines is 1. The number of carbonyl (C=O) groups is 1. The molecule has 0 aliphatic carbocycles. The lowest BCUT2D eigenvalue weighted by Crippen LogP contribution is -2.40. The van der Waals surface area contributed by atoms with Gasteiger partial charge in [-0.3, -0.25) is 15.2 Å². The number of anilines is 1. The molecule has 0 unspecified atom stereocenters. The summed E-state index contributed by atoms with van der Waals surface area (Å²) < 4.78 is 14.7. The molecule has 1 fully saturated rings. The monoisotopic (exact) mass is 356 g/mol. The molecule has 2 N–H and O–H groups in total. The molecule has 3 heterocycles. The summed E-state index contributed by atoms with van der Waals surface area (Å²) in [4.78, 5) is 18.5. The van der Waals surface area contributed by atoms with Crippen molar-refractivity contribution >= 4 is 33.3 Å². The fraction of sp³-hybridized carbons (Fsp3) is 0.250. The second-order valence-corrected chi connectivity index (χ2v) is 6.89. The predicted octanol–water partition coefficient (Wildman–Crippen LogP) is 2.52. The van der Waals surface area contributed by atoms with Crippen LogP contribution in [0.4, 0.5) is 9.52 Å². The Bertz CT molecular complexity index is 992. The summed E-state index contributed by atoms with van der Waals surface area (Å²) >= 11 is 1.27. The molecule has 1 aliphatic heterocycles. The molecular weight excluding hydrogens is 343 g/mol. The Morgan fingerprint density at radius 1 is 1.48 bits per heavy atom. The molecule has 0 radical (unpaired) electrons. The number of fused-ring (bicyclic) bond motifs is 1. The van der Waals surface area contributed by atoms with Crippen molar-refractivity contribution < 1.29 is 9.18 Å². The van der Waals surface area contributed by atoms with Gasteiger partial charge in [-0.25, -0.2) is 9.37 Å². The van der Waals surface area contributed by atoms with Crippen molar-refractivity contribution in [3.8, 4) is 16.6 Å². The van der Waals surface area contributed by atoms with Gasteiger partial charge < -0.3 is 4.90 Å². The van der Waals surface area contributed by atoms with Gasteiger partial charge in [-0.05, 0) is 6.07 Å². The Balaban J connectivity index is 1.55. The first-order valence-corrected chi connectivity index (χ1v) is 8.44. The summed E-state index contributed by atoms with van der Waals surface area (Å²) in [6, 6.07) is 5.76. The lowest BCUT2D eigenvalue weighted by atomic mass is 10.1. The summed E-state index contributed by atoms with van der Waals surface area (Å²) in [5, 5.41) is 19.6. The molecule has 0 spiro atoms. The molecule has 7 nitrogen and oxygen atoms in total. The molecule has 1 saturated heterocycles. The number of hydrogen-bond acceptors (Lipinski definition) is 6. The van der Waals surface area contributed by atoms with E-state index in [2.05, 4.69) is 20.5 Å². The maximum absolute atomic E-state index is 14.7. The van der Waals surface area contributed by atoms with Crippen LogP contribution in [0.5, 0.6) is 0 Å². The van der Waals surface area contributed by atoms with Crippen LogP contribution in [0.15, 0.2) is 30.6 Å². The van der Waals surface area contributed by atoms with E-state index in [4.69, 9.17) is 5.26 Å². The molecule has 9 heteroatoms. The van der Waals surface area contributed by atoms with Crippen molar-refractivity contribution in [2.24, 2.45) is 0 Å². The number of H-pyrrole nitrogens is 1. The van der Waals surface area contributed by atoms with Crippen LogP contribution in [0.3, 0.4) is 0 Å². The van der Waals surface area contributed by atoms with Crippen molar-refractivity contribution in [2.75, 3.05) is 18.4 Å². The number of amides is 1. The topological polar surface area (TPSA) is 97.7 Å². The number of alkyl halides is 1. The third-order valence-electron chi connectivity index (χ3n) is 4.24. The predicted molar refractivity (Wildman–Crippen MR) is 91.5 cm³/mol. The van der Waals surface area contributed by atoms with E-state index >= 15 is 0 Å². The normalized spacial score (nSPS) is 19.9. The minimum Gasteiger partial charge on any atom is -0.307 e. The first-order chi connectivity index (χ1) is 12.1. The number of thiazole rings is 1. The van der Waals surface area contributed by atoms with Crippen molar-refractivity contribution in [1.82, 2.24) is 20.1 Å². The number of nitrogens with one attached hydrogen (secondary N) is 2. The fourth-order valence-electron chi connectivity index (χ4n) is 2.89. The molecule has 3 aromatic rings. The van der Waals surface area contributed by atoms with Crippen LogP contribution in [0.25, 0.3) is 21.3 Å². The Morgan fingerprint density at radius 3 is 3.16 bits per heavy atom. The van der Waals surface area contributed by atoms with Crippen molar-refractivity contribution in [1.29, 1.82) is 5.26 Å². The number of halogens is 1. The highest BCUT2D eigenvalue weighted by Gasteiger charge is 2.45. The molecule has 126 valence electrons. The third-order valence-corrected chi connectivity index (χ3v) is 5.19. The number of hydrogen-bond donors (Lipinski definition) is 2. The molecular formula is C16H13FN6OS. The van der Waals surface area contributed by atoms with Crippen LogP contribution >= 0.6 is 11.3 Å². The van der Waals surface area contributed by atoms with Crippen LogP contribution in [0.1, 0.15) is 6.42 Å². The largest absolute Gasteiger partial charge is 0.307 e. The first kappa shape index (κ1) is 15.5. The number of aromatic nitrogens is 3. The Morgan fingerprint density at radius 2 is 2.36 bits per heavy atom. The Labute approximate surface area is 146 Å². The van der Waals surface area contributed by atoms with Gasteiger partial charge in [0.1, 0.15) is 0 Å². The SMILES string of the molecule is N#CN1CC[C@](F)(C(=O)Nc2ncc(-c3cccc4[nH]ncc34)s2)C1. The van der Waals surface area contributed by atoms with E-state index in [0.29, 0.717) is 5.13 Å². The molecule has 0 bridgehead atoms. The minimum atomic E-state index is -2.06. The molecule has 1 aliphatic rings. The van der Waals surface area contributed by atoms with Gasteiger partial charge in [0.25, 0.3) is 5.91 Å². The summed E-state index contributed by atoms with van der Waals surface area (Å²) in [6.07, 6.45) is 5.24. The summed E-state index contributed by atoms with van der Waals surface area (Å²) in [5.74, 6) is -0.757. The van der Waals surface area contributed by atoms with E-state index in [-0.39, 0.29) is 19.5 Å². The molecule has 4 rings (SSSR count). The number of likely N-dealkylation sites (tertiary alicyclic amines) is 1. The van der Waals surface area contributed by atoms with Gasteiger partial charge in [0.15, 0.2) is 11.3 Å². The van der Waals surface area contributed by atoms with Crippen molar-refractivity contribution in [3.05, 3.63) is 30.6 Å². The number of rotatable bonds is 3. The number of nitriles is 1. The van der Waals surface area contributed by atoms with E-state index in [1.807, 2.05) is 24.4 Å². The smallest absolute Gasteiger partial charge is 0.265 e. The van der Waals surface area contributed by atoms with E-state index in [0.717, 1.165) is 21.3 Å². The number of benzene rings is 1. The zero-order chi connectivity index (χ0) is 17.4. The van der Waals surface area contributed by atoms with Crippen molar-refractivity contribution in [3.63, 3.8) is 0 Å². The molecule has 1 amide bonds. The van der Waals surface area contributed by atoms with Gasteiger partial charge in [0.05, 0.1) is 23.1 Å². The highest BCUT2D eigenvalue weighted by atomic mass is 32.1. The third kappa shape index (κ3) is 2.70. The molecule has 0 saturated carbocycles. The first-order valence-electron chi connectivity index (χ1n) is 7.62.